The molecule has 1 aliphatic heterocycles. The molecule has 0 saturated carbocycles. The van der Waals surface area contributed by atoms with Crippen LogP contribution in [0.2, 0.25) is 18.1 Å². The lowest BCUT2D eigenvalue weighted by Crippen LogP contribution is -2.46. The van der Waals surface area contributed by atoms with Gasteiger partial charge in [-0.25, -0.2) is 4.79 Å². The van der Waals surface area contributed by atoms with Crippen LogP contribution in [0.5, 0.6) is 0 Å². The molecule has 0 aromatic rings. The molecule has 2 unspecified atom stereocenters. The predicted octanol–water partition coefficient (Wildman–Crippen LogP) is 6.95. The number of amides is 1. The molecule has 1 saturated heterocycles. The minimum absolute atomic E-state index is 0.148. The van der Waals surface area contributed by atoms with Crippen molar-refractivity contribution in [3.63, 3.8) is 0 Å². The van der Waals surface area contributed by atoms with E-state index in [-0.39, 0.29) is 17.2 Å². The quantitative estimate of drug-likeness (QED) is 0.227. The van der Waals surface area contributed by atoms with Crippen LogP contribution >= 0.6 is 11.8 Å². The molecule has 1 fully saturated rings. The molecule has 1 heterocycles. The topological polar surface area (TPSA) is 38.8 Å². The van der Waals surface area contributed by atoms with E-state index < -0.39 is 8.32 Å². The highest BCUT2D eigenvalue weighted by Gasteiger charge is 2.44. The first-order valence-electron chi connectivity index (χ1n) is 11.8. The van der Waals surface area contributed by atoms with Gasteiger partial charge in [0.25, 0.3) is 0 Å². The lowest BCUT2D eigenvalue weighted by Gasteiger charge is -2.39. The first-order chi connectivity index (χ1) is 13.6. The fourth-order valence-corrected chi connectivity index (χ4v) is 5.78. The molecular formula is C23H47NO3SSi. The van der Waals surface area contributed by atoms with Crippen LogP contribution in [0.4, 0.5) is 4.79 Å². The number of unbranched alkanes of at least 4 members (excludes halogenated alkanes) is 4. The molecule has 0 aromatic heterocycles. The number of rotatable bonds is 13. The lowest BCUT2D eigenvalue weighted by atomic mass is 10.0. The van der Waals surface area contributed by atoms with Crippen LogP contribution < -0.4 is 0 Å². The normalized spacial score (nSPS) is 20.3. The molecule has 0 N–H and O–H groups in total. The van der Waals surface area contributed by atoms with Crippen molar-refractivity contribution in [1.29, 1.82) is 0 Å². The Morgan fingerprint density at radius 2 is 1.72 bits per heavy atom. The van der Waals surface area contributed by atoms with Gasteiger partial charge in [-0.1, -0.05) is 60.3 Å². The molecule has 0 aliphatic carbocycles. The molecule has 6 heteroatoms. The molecule has 29 heavy (non-hydrogen) atoms. The summed E-state index contributed by atoms with van der Waals surface area (Å²) in [5.74, 6) is 2.84. The number of ether oxygens (including phenoxy) is 1. The Balaban J connectivity index is 2.60. The summed E-state index contributed by atoms with van der Waals surface area (Å²) in [7, 11) is -1.86. The van der Waals surface area contributed by atoms with E-state index in [1.807, 2.05) is 4.90 Å². The van der Waals surface area contributed by atoms with E-state index in [0.717, 1.165) is 31.6 Å². The van der Waals surface area contributed by atoms with Gasteiger partial charge < -0.3 is 14.1 Å². The minimum Gasteiger partial charge on any atom is -0.449 e. The van der Waals surface area contributed by atoms with Gasteiger partial charge in [-0.3, -0.25) is 0 Å². The van der Waals surface area contributed by atoms with E-state index in [0.29, 0.717) is 19.1 Å². The van der Waals surface area contributed by atoms with Gasteiger partial charge in [-0.15, -0.1) is 0 Å². The predicted molar refractivity (Wildman–Crippen MR) is 129 cm³/mol. The van der Waals surface area contributed by atoms with Gasteiger partial charge in [0.1, 0.15) is 0 Å². The Kier molecular flexibility index (Phi) is 12.3. The van der Waals surface area contributed by atoms with Crippen molar-refractivity contribution in [3.8, 4) is 0 Å². The summed E-state index contributed by atoms with van der Waals surface area (Å²) in [5.41, 5.74) is 0. The minimum atomic E-state index is -1.86. The van der Waals surface area contributed by atoms with E-state index in [9.17, 15) is 4.79 Å². The first-order valence-corrected chi connectivity index (χ1v) is 15.9. The van der Waals surface area contributed by atoms with Crippen LogP contribution in [-0.4, -0.2) is 56.6 Å². The zero-order valence-electron chi connectivity index (χ0n) is 20.2. The third-order valence-electron chi connectivity index (χ3n) is 6.39. The van der Waals surface area contributed by atoms with Crippen LogP contribution in [0.25, 0.3) is 0 Å². The molecule has 0 bridgehead atoms. The Bertz CT molecular complexity index is 468. The molecule has 0 spiro atoms. The standard InChI is InChI=1S/C23H47NO3SSi/c1-8-10-12-13-16-28-17-14-20-18-24(22(25)26-15-11-9-2)19-21(20)27-29(6,7)23(3,4)5/h20-21H,8-19H2,1-7H3. The average Bonchev–Trinajstić information content (AvgIpc) is 3.02. The Morgan fingerprint density at radius 1 is 1.03 bits per heavy atom. The summed E-state index contributed by atoms with van der Waals surface area (Å²) in [4.78, 5) is 14.4. The number of nitrogens with zero attached hydrogens (tertiary/aromatic N) is 1. The molecular weight excluding hydrogens is 398 g/mol. The Labute approximate surface area is 186 Å². The Morgan fingerprint density at radius 3 is 2.34 bits per heavy atom. The maximum absolute atomic E-state index is 12.5. The van der Waals surface area contributed by atoms with Crippen LogP contribution in [-0.2, 0) is 9.16 Å². The van der Waals surface area contributed by atoms with Gasteiger partial charge in [-0.05, 0) is 48.9 Å². The Hall–Kier alpha value is -0.203. The molecule has 2 atom stereocenters. The first kappa shape index (κ1) is 26.8. The smallest absolute Gasteiger partial charge is 0.409 e. The SMILES string of the molecule is CCCCCCSCCC1CN(C(=O)OCCCC)CC1O[Si](C)(C)C(C)(C)C. The molecule has 1 amide bonds. The third-order valence-corrected chi connectivity index (χ3v) is 12.0. The third kappa shape index (κ3) is 9.64. The highest BCUT2D eigenvalue weighted by Crippen LogP contribution is 2.39. The van der Waals surface area contributed by atoms with Gasteiger partial charge in [0.05, 0.1) is 12.7 Å². The molecule has 4 nitrogen and oxygen atoms in total. The van der Waals surface area contributed by atoms with E-state index in [2.05, 4.69) is 59.5 Å². The average molecular weight is 446 g/mol. The van der Waals surface area contributed by atoms with E-state index in [4.69, 9.17) is 9.16 Å². The summed E-state index contributed by atoms with van der Waals surface area (Å²) in [6, 6.07) is 0. The van der Waals surface area contributed by atoms with Crippen molar-refractivity contribution in [2.45, 2.75) is 104 Å². The zero-order chi connectivity index (χ0) is 21.9. The van der Waals surface area contributed by atoms with Crippen molar-refractivity contribution in [2.75, 3.05) is 31.2 Å². The zero-order valence-corrected chi connectivity index (χ0v) is 22.0. The number of hydrogen-bond donors (Lipinski definition) is 0. The van der Waals surface area contributed by atoms with Crippen molar-refractivity contribution in [3.05, 3.63) is 0 Å². The fraction of sp³-hybridized carbons (Fsp3) is 0.957. The summed E-state index contributed by atoms with van der Waals surface area (Å²) < 4.78 is 12.3. The largest absolute Gasteiger partial charge is 0.449 e. The number of thioether (sulfide) groups is 1. The number of carbonyl (C=O) groups excluding carboxylic acids is 1. The molecule has 0 radical (unpaired) electrons. The fourth-order valence-electron chi connectivity index (χ4n) is 3.32. The second kappa shape index (κ2) is 13.3. The van der Waals surface area contributed by atoms with E-state index in [1.165, 1.54) is 31.4 Å². The molecule has 1 aliphatic rings. The highest BCUT2D eigenvalue weighted by atomic mass is 32.2. The summed E-state index contributed by atoms with van der Waals surface area (Å²) in [6.07, 6.45) is 8.40. The number of hydrogen-bond acceptors (Lipinski definition) is 4. The highest BCUT2D eigenvalue weighted by molar-refractivity contribution is 7.99. The monoisotopic (exact) mass is 445 g/mol. The molecule has 172 valence electrons. The molecule has 0 aromatic carbocycles. The van der Waals surface area contributed by atoms with Gasteiger partial charge in [0, 0.05) is 19.0 Å². The van der Waals surface area contributed by atoms with Gasteiger partial charge in [-0.2, -0.15) is 11.8 Å². The van der Waals surface area contributed by atoms with Gasteiger partial charge in [0.2, 0.25) is 0 Å². The molecule has 1 rings (SSSR count). The van der Waals surface area contributed by atoms with Crippen LogP contribution in [0.1, 0.15) is 79.6 Å². The van der Waals surface area contributed by atoms with E-state index >= 15 is 0 Å². The van der Waals surface area contributed by atoms with Crippen LogP contribution in [0.3, 0.4) is 0 Å². The second-order valence-electron chi connectivity index (χ2n) is 10.0. The van der Waals surface area contributed by atoms with Gasteiger partial charge in [0.15, 0.2) is 8.32 Å². The maximum atomic E-state index is 12.5. The van der Waals surface area contributed by atoms with Crippen molar-refractivity contribution in [1.82, 2.24) is 4.90 Å². The van der Waals surface area contributed by atoms with E-state index in [1.54, 1.807) is 0 Å². The lowest BCUT2D eigenvalue weighted by molar-refractivity contribution is 0.102. The number of likely N-dealkylation sites (tertiary alicyclic amines) is 1. The van der Waals surface area contributed by atoms with Crippen LogP contribution in [0.15, 0.2) is 0 Å². The van der Waals surface area contributed by atoms with Crippen molar-refractivity contribution in [2.24, 2.45) is 5.92 Å². The van der Waals surface area contributed by atoms with Crippen LogP contribution in [0, 0.1) is 5.92 Å². The summed E-state index contributed by atoms with van der Waals surface area (Å²) in [5, 5.41) is 0.181. The van der Waals surface area contributed by atoms with Gasteiger partial charge >= 0.3 is 6.09 Å². The summed E-state index contributed by atoms with van der Waals surface area (Å²) >= 11 is 2.06. The summed E-state index contributed by atoms with van der Waals surface area (Å²) in [6.45, 7) is 17.8. The van der Waals surface area contributed by atoms with Crippen molar-refractivity contribution >= 4 is 26.2 Å². The van der Waals surface area contributed by atoms with Crippen molar-refractivity contribution < 1.29 is 14.0 Å². The number of carbonyl (C=O) groups is 1. The second-order valence-corrected chi connectivity index (χ2v) is 16.0. The maximum Gasteiger partial charge on any atom is 0.409 e.